The van der Waals surface area contributed by atoms with Gasteiger partial charge in [0.1, 0.15) is 0 Å². The topological polar surface area (TPSA) is 58.2 Å². The molecule has 2 N–H and O–H groups in total. The smallest absolute Gasteiger partial charge is 0.240 e. The first-order valence-electron chi connectivity index (χ1n) is 7.87. The summed E-state index contributed by atoms with van der Waals surface area (Å²) in [5.41, 5.74) is 1.85. The quantitative estimate of drug-likeness (QED) is 0.775. The number of benzene rings is 1. The van der Waals surface area contributed by atoms with Crippen LogP contribution >= 0.6 is 0 Å². The third kappa shape index (κ3) is 4.28. The molecule has 0 bridgehead atoms. The lowest BCUT2D eigenvalue weighted by Crippen LogP contribution is -2.26. The maximum atomic E-state index is 12.4. The molecule has 0 radical (unpaired) electrons. The zero-order chi connectivity index (χ0) is 14.9. The Kier molecular flexibility index (Phi) is 4.33. The largest absolute Gasteiger partial charge is 0.310 e. The molecular formula is C16H24N2O2S. The van der Waals surface area contributed by atoms with Crippen LogP contribution in [-0.2, 0) is 16.6 Å². The standard InChI is InChI=1S/C16H24N2O2S/c1-12-2-3-14(11-17-15-6-7-15)10-16(12)21(19,20)18-9-8-13-4-5-13/h2-3,10,13,15,17-18H,4-9,11H2,1H3. The van der Waals surface area contributed by atoms with Gasteiger partial charge in [0.15, 0.2) is 0 Å². The van der Waals surface area contributed by atoms with Crippen LogP contribution in [-0.4, -0.2) is 21.0 Å². The first kappa shape index (κ1) is 15.0. The first-order chi connectivity index (χ1) is 10.0. The van der Waals surface area contributed by atoms with Crippen molar-refractivity contribution in [2.75, 3.05) is 6.54 Å². The molecule has 5 heteroatoms. The van der Waals surface area contributed by atoms with E-state index in [2.05, 4.69) is 10.0 Å². The third-order valence-electron chi connectivity index (χ3n) is 4.26. The molecule has 0 heterocycles. The minimum absolute atomic E-state index is 0.424. The Labute approximate surface area is 127 Å². The van der Waals surface area contributed by atoms with Gasteiger partial charge in [-0.1, -0.05) is 25.0 Å². The Hall–Kier alpha value is -0.910. The van der Waals surface area contributed by atoms with Gasteiger partial charge in [-0.25, -0.2) is 13.1 Å². The van der Waals surface area contributed by atoms with E-state index in [-0.39, 0.29) is 0 Å². The highest BCUT2D eigenvalue weighted by Crippen LogP contribution is 2.31. The molecule has 3 rings (SSSR count). The minimum atomic E-state index is -3.38. The van der Waals surface area contributed by atoms with E-state index in [1.165, 1.54) is 25.7 Å². The summed E-state index contributed by atoms with van der Waals surface area (Å²) in [6.07, 6.45) is 5.94. The van der Waals surface area contributed by atoms with Crippen molar-refractivity contribution in [2.24, 2.45) is 5.92 Å². The normalized spacial score (nSPS) is 18.9. The zero-order valence-corrected chi connectivity index (χ0v) is 13.4. The van der Waals surface area contributed by atoms with Crippen molar-refractivity contribution >= 4 is 10.0 Å². The lowest BCUT2D eigenvalue weighted by atomic mass is 10.1. The maximum Gasteiger partial charge on any atom is 0.240 e. The summed E-state index contributed by atoms with van der Waals surface area (Å²) >= 11 is 0. The summed E-state index contributed by atoms with van der Waals surface area (Å²) in [5.74, 6) is 0.739. The number of sulfonamides is 1. The van der Waals surface area contributed by atoms with Gasteiger partial charge in [-0.05, 0) is 49.3 Å². The van der Waals surface area contributed by atoms with Gasteiger partial charge in [0.05, 0.1) is 4.90 Å². The molecule has 0 unspecified atom stereocenters. The second-order valence-corrected chi connectivity index (χ2v) is 8.12. The highest BCUT2D eigenvalue weighted by Gasteiger charge is 2.23. The summed E-state index contributed by atoms with van der Waals surface area (Å²) in [5, 5.41) is 3.42. The highest BCUT2D eigenvalue weighted by atomic mass is 32.2. The first-order valence-corrected chi connectivity index (χ1v) is 9.35. The fraction of sp³-hybridized carbons (Fsp3) is 0.625. The molecule has 0 atom stereocenters. The van der Waals surface area contributed by atoms with Crippen LogP contribution in [0.5, 0.6) is 0 Å². The van der Waals surface area contributed by atoms with E-state index < -0.39 is 10.0 Å². The molecule has 21 heavy (non-hydrogen) atoms. The SMILES string of the molecule is Cc1ccc(CNC2CC2)cc1S(=O)(=O)NCCC1CC1. The summed E-state index contributed by atoms with van der Waals surface area (Å²) in [4.78, 5) is 0.424. The van der Waals surface area contributed by atoms with E-state index >= 15 is 0 Å². The Bertz CT molecular complexity index is 605. The Balaban J connectivity index is 1.66. The van der Waals surface area contributed by atoms with Crippen LogP contribution in [0.15, 0.2) is 23.1 Å². The number of hydrogen-bond donors (Lipinski definition) is 2. The van der Waals surface area contributed by atoms with E-state index in [1.807, 2.05) is 25.1 Å². The van der Waals surface area contributed by atoms with Crippen molar-refractivity contribution in [3.63, 3.8) is 0 Å². The zero-order valence-electron chi connectivity index (χ0n) is 12.6. The molecular weight excluding hydrogens is 284 g/mol. The van der Waals surface area contributed by atoms with Crippen LogP contribution < -0.4 is 10.0 Å². The van der Waals surface area contributed by atoms with E-state index in [4.69, 9.17) is 0 Å². The molecule has 0 saturated heterocycles. The molecule has 0 amide bonds. The van der Waals surface area contributed by atoms with Gasteiger partial charge in [-0.3, -0.25) is 0 Å². The van der Waals surface area contributed by atoms with Crippen LogP contribution in [0.3, 0.4) is 0 Å². The van der Waals surface area contributed by atoms with Crippen LogP contribution in [0, 0.1) is 12.8 Å². The number of aryl methyl sites for hydroxylation is 1. The molecule has 0 aliphatic heterocycles. The van der Waals surface area contributed by atoms with Crippen molar-refractivity contribution < 1.29 is 8.42 Å². The Morgan fingerprint density at radius 3 is 2.62 bits per heavy atom. The van der Waals surface area contributed by atoms with Gasteiger partial charge in [0, 0.05) is 19.1 Å². The summed E-state index contributed by atoms with van der Waals surface area (Å²) in [6.45, 7) is 3.15. The van der Waals surface area contributed by atoms with E-state index in [9.17, 15) is 8.42 Å². The number of hydrogen-bond acceptors (Lipinski definition) is 3. The number of nitrogens with one attached hydrogen (secondary N) is 2. The Morgan fingerprint density at radius 2 is 1.95 bits per heavy atom. The van der Waals surface area contributed by atoms with Crippen molar-refractivity contribution in [3.05, 3.63) is 29.3 Å². The van der Waals surface area contributed by atoms with Gasteiger partial charge in [-0.2, -0.15) is 0 Å². The summed E-state index contributed by atoms with van der Waals surface area (Å²) in [7, 11) is -3.38. The van der Waals surface area contributed by atoms with Gasteiger partial charge < -0.3 is 5.32 Å². The maximum absolute atomic E-state index is 12.4. The Morgan fingerprint density at radius 1 is 1.19 bits per heavy atom. The van der Waals surface area contributed by atoms with Crippen molar-refractivity contribution in [3.8, 4) is 0 Å². The van der Waals surface area contributed by atoms with Crippen LogP contribution in [0.4, 0.5) is 0 Å². The second-order valence-electron chi connectivity index (χ2n) is 6.38. The van der Waals surface area contributed by atoms with E-state index in [1.54, 1.807) is 0 Å². The minimum Gasteiger partial charge on any atom is -0.310 e. The summed E-state index contributed by atoms with van der Waals surface area (Å²) < 4.78 is 27.6. The predicted molar refractivity (Wildman–Crippen MR) is 83.6 cm³/mol. The highest BCUT2D eigenvalue weighted by molar-refractivity contribution is 7.89. The predicted octanol–water partition coefficient (Wildman–Crippen LogP) is 2.33. The second kappa shape index (κ2) is 6.07. The fourth-order valence-electron chi connectivity index (χ4n) is 2.48. The van der Waals surface area contributed by atoms with E-state index in [0.717, 1.165) is 30.0 Å². The van der Waals surface area contributed by atoms with Gasteiger partial charge in [-0.15, -0.1) is 0 Å². The van der Waals surface area contributed by atoms with Crippen molar-refractivity contribution in [2.45, 2.75) is 56.5 Å². The molecule has 0 spiro atoms. The molecule has 0 aromatic heterocycles. The van der Waals surface area contributed by atoms with Gasteiger partial charge >= 0.3 is 0 Å². The van der Waals surface area contributed by atoms with Crippen LogP contribution in [0.2, 0.25) is 0 Å². The third-order valence-corrected chi connectivity index (χ3v) is 5.86. The van der Waals surface area contributed by atoms with Crippen molar-refractivity contribution in [1.29, 1.82) is 0 Å². The average Bonchev–Trinajstić information content (AvgIpc) is 3.32. The molecule has 2 aliphatic carbocycles. The molecule has 2 saturated carbocycles. The molecule has 1 aromatic rings. The molecule has 2 aliphatic rings. The van der Waals surface area contributed by atoms with E-state index in [0.29, 0.717) is 17.5 Å². The van der Waals surface area contributed by atoms with Crippen LogP contribution in [0.1, 0.15) is 43.2 Å². The molecule has 116 valence electrons. The fourth-order valence-corrected chi connectivity index (χ4v) is 3.82. The van der Waals surface area contributed by atoms with Crippen LogP contribution in [0.25, 0.3) is 0 Å². The van der Waals surface area contributed by atoms with Crippen molar-refractivity contribution in [1.82, 2.24) is 10.0 Å². The number of rotatable bonds is 8. The van der Waals surface area contributed by atoms with Gasteiger partial charge in [0.2, 0.25) is 10.0 Å². The average molecular weight is 308 g/mol. The molecule has 4 nitrogen and oxygen atoms in total. The lowest BCUT2D eigenvalue weighted by molar-refractivity contribution is 0.574. The van der Waals surface area contributed by atoms with Gasteiger partial charge in [0.25, 0.3) is 0 Å². The lowest BCUT2D eigenvalue weighted by Gasteiger charge is -2.11. The monoisotopic (exact) mass is 308 g/mol. The molecule has 2 fully saturated rings. The summed E-state index contributed by atoms with van der Waals surface area (Å²) in [6, 6.07) is 6.35. The molecule has 1 aromatic carbocycles.